The Kier molecular flexibility index (Phi) is 5.00. The van der Waals surface area contributed by atoms with E-state index < -0.39 is 0 Å². The third-order valence-corrected chi connectivity index (χ3v) is 3.20. The summed E-state index contributed by atoms with van der Waals surface area (Å²) >= 11 is 0. The zero-order chi connectivity index (χ0) is 13.0. The number of carbonyl (C=O) groups excluding carboxylic acids is 1. The number of rotatable bonds is 1. The van der Waals surface area contributed by atoms with Gasteiger partial charge in [0.15, 0.2) is 0 Å². The Labute approximate surface area is 104 Å². The first kappa shape index (κ1) is 14.0. The highest BCUT2D eigenvalue weighted by Gasteiger charge is 2.34. The number of hydrogen-bond donors (Lipinski definition) is 2. The summed E-state index contributed by atoms with van der Waals surface area (Å²) in [6.07, 6.45) is 0. The molecule has 98 valence electrons. The number of nitrogens with one attached hydrogen (secondary N) is 2. The molecule has 0 aliphatic carbocycles. The van der Waals surface area contributed by atoms with E-state index in [2.05, 4.69) is 36.3 Å². The van der Waals surface area contributed by atoms with Gasteiger partial charge in [-0.15, -0.1) is 0 Å². The van der Waals surface area contributed by atoms with Crippen LogP contribution in [0.2, 0.25) is 0 Å². The van der Waals surface area contributed by atoms with Crippen molar-refractivity contribution in [1.82, 2.24) is 15.5 Å². The Morgan fingerprint density at radius 3 is 2.59 bits per heavy atom. The first-order valence-corrected chi connectivity index (χ1v) is 6.60. The molecule has 17 heavy (non-hydrogen) atoms. The number of hydrogen-bond acceptors (Lipinski definition) is 3. The molecule has 2 rings (SSSR count). The minimum Gasteiger partial charge on any atom is -0.359 e. The Morgan fingerprint density at radius 2 is 2.00 bits per heavy atom. The van der Waals surface area contributed by atoms with Gasteiger partial charge < -0.3 is 15.5 Å². The van der Waals surface area contributed by atoms with Crippen LogP contribution in [-0.4, -0.2) is 36.5 Å². The van der Waals surface area contributed by atoms with Gasteiger partial charge in [-0.3, -0.25) is 4.79 Å². The predicted octanol–water partition coefficient (Wildman–Crippen LogP) is 1.30. The molecule has 4 heteroatoms. The largest absolute Gasteiger partial charge is 0.359 e. The predicted molar refractivity (Wildman–Crippen MR) is 70.4 cm³/mol. The van der Waals surface area contributed by atoms with Gasteiger partial charge in [0, 0.05) is 31.0 Å². The van der Waals surface area contributed by atoms with Crippen LogP contribution in [0.25, 0.3) is 0 Å². The highest BCUT2D eigenvalue weighted by atomic mass is 16.2. The molecule has 0 aromatic carbocycles. The molecule has 0 radical (unpaired) electrons. The lowest BCUT2D eigenvalue weighted by Gasteiger charge is -2.42. The van der Waals surface area contributed by atoms with E-state index in [1.54, 1.807) is 0 Å². The van der Waals surface area contributed by atoms with Crippen molar-refractivity contribution in [3.63, 3.8) is 0 Å². The van der Waals surface area contributed by atoms with Crippen molar-refractivity contribution in [2.24, 2.45) is 5.92 Å². The van der Waals surface area contributed by atoms with E-state index in [4.69, 9.17) is 0 Å². The number of piperazine rings is 1. The second kappa shape index (κ2) is 6.05. The van der Waals surface area contributed by atoms with Gasteiger partial charge in [0.05, 0.1) is 0 Å². The van der Waals surface area contributed by atoms with Crippen molar-refractivity contribution in [3.8, 4) is 0 Å². The topological polar surface area (TPSA) is 44.4 Å². The first-order chi connectivity index (χ1) is 8.11. The summed E-state index contributed by atoms with van der Waals surface area (Å²) in [5.41, 5.74) is 2.31. The van der Waals surface area contributed by atoms with Crippen LogP contribution in [0.15, 0.2) is 11.4 Å². The molecule has 2 aliphatic heterocycles. The average Bonchev–Trinajstić information content (AvgIpc) is 2.36. The van der Waals surface area contributed by atoms with Crippen LogP contribution < -0.4 is 10.6 Å². The third kappa shape index (κ3) is 2.80. The van der Waals surface area contributed by atoms with E-state index in [-0.39, 0.29) is 11.9 Å². The number of nitrogens with zero attached hydrogens (tertiary/aromatic N) is 1. The summed E-state index contributed by atoms with van der Waals surface area (Å²) in [6.45, 7) is 13.0. The summed E-state index contributed by atoms with van der Waals surface area (Å²) in [7, 11) is 0. The van der Waals surface area contributed by atoms with Gasteiger partial charge in [-0.1, -0.05) is 27.7 Å². The van der Waals surface area contributed by atoms with Gasteiger partial charge in [0.2, 0.25) is 5.91 Å². The summed E-state index contributed by atoms with van der Waals surface area (Å²) in [5.74, 6) is 0.515. The smallest absolute Gasteiger partial charge is 0.248 e. The fraction of sp³-hybridized carbons (Fsp3) is 0.769. The maximum absolute atomic E-state index is 11.9. The van der Waals surface area contributed by atoms with E-state index in [0.717, 1.165) is 25.3 Å². The SMILES string of the molecule is CC.CC1=C(C(C)C)NC(=O)C2CNCCN12. The van der Waals surface area contributed by atoms with Gasteiger partial charge in [0.1, 0.15) is 6.04 Å². The molecular weight excluding hydrogens is 214 g/mol. The van der Waals surface area contributed by atoms with Gasteiger partial charge in [-0.2, -0.15) is 0 Å². The molecule has 0 bridgehead atoms. The maximum Gasteiger partial charge on any atom is 0.248 e. The summed E-state index contributed by atoms with van der Waals surface area (Å²) in [5, 5.41) is 6.28. The Balaban J connectivity index is 0.000000686. The summed E-state index contributed by atoms with van der Waals surface area (Å²) in [4.78, 5) is 14.1. The molecule has 2 aliphatic rings. The molecule has 1 amide bonds. The number of allylic oxidation sites excluding steroid dienone is 2. The molecule has 2 heterocycles. The van der Waals surface area contributed by atoms with Crippen molar-refractivity contribution < 1.29 is 4.79 Å². The standard InChI is InChI=1S/C11H19N3O.C2H6/c1-7(2)10-8(3)14-5-4-12-6-9(14)11(15)13-10;1-2/h7,9,12H,4-6H2,1-3H3,(H,13,15);1-2H3. The Hall–Kier alpha value is -1.03. The van der Waals surface area contributed by atoms with E-state index in [9.17, 15) is 4.79 Å². The third-order valence-electron chi connectivity index (χ3n) is 3.20. The van der Waals surface area contributed by atoms with Gasteiger partial charge in [-0.25, -0.2) is 0 Å². The number of fused-ring (bicyclic) bond motifs is 1. The molecule has 1 saturated heterocycles. The van der Waals surface area contributed by atoms with Crippen LogP contribution >= 0.6 is 0 Å². The quantitative estimate of drug-likeness (QED) is 0.725. The lowest BCUT2D eigenvalue weighted by atomic mass is 10.0. The van der Waals surface area contributed by atoms with Crippen LogP contribution in [0.5, 0.6) is 0 Å². The van der Waals surface area contributed by atoms with E-state index >= 15 is 0 Å². The second-order valence-electron chi connectivity index (χ2n) is 4.56. The normalized spacial score (nSPS) is 24.0. The van der Waals surface area contributed by atoms with Crippen molar-refractivity contribution in [3.05, 3.63) is 11.4 Å². The first-order valence-electron chi connectivity index (χ1n) is 6.60. The Bertz CT molecular complexity index is 310. The summed E-state index contributed by atoms with van der Waals surface area (Å²) in [6, 6.07) is -0.0127. The molecule has 2 N–H and O–H groups in total. The van der Waals surface area contributed by atoms with Crippen molar-refractivity contribution >= 4 is 5.91 Å². The van der Waals surface area contributed by atoms with Gasteiger partial charge >= 0.3 is 0 Å². The van der Waals surface area contributed by atoms with Crippen LogP contribution in [0.1, 0.15) is 34.6 Å². The number of amides is 1. The summed E-state index contributed by atoms with van der Waals surface area (Å²) < 4.78 is 0. The molecule has 0 aromatic rings. The molecule has 0 saturated carbocycles. The molecular formula is C13H25N3O. The van der Waals surface area contributed by atoms with E-state index in [0.29, 0.717) is 5.92 Å². The molecule has 1 fully saturated rings. The van der Waals surface area contributed by atoms with Crippen molar-refractivity contribution in [1.29, 1.82) is 0 Å². The fourth-order valence-electron chi connectivity index (χ4n) is 2.36. The van der Waals surface area contributed by atoms with Crippen LogP contribution in [0, 0.1) is 5.92 Å². The lowest BCUT2D eigenvalue weighted by molar-refractivity contribution is -0.126. The van der Waals surface area contributed by atoms with Crippen molar-refractivity contribution in [2.45, 2.75) is 40.7 Å². The van der Waals surface area contributed by atoms with Crippen LogP contribution in [0.4, 0.5) is 0 Å². The monoisotopic (exact) mass is 239 g/mol. The van der Waals surface area contributed by atoms with Gasteiger partial charge in [0.25, 0.3) is 0 Å². The van der Waals surface area contributed by atoms with Crippen molar-refractivity contribution in [2.75, 3.05) is 19.6 Å². The minimum absolute atomic E-state index is 0.0127. The lowest BCUT2D eigenvalue weighted by Crippen LogP contribution is -2.60. The molecule has 0 aromatic heterocycles. The molecule has 1 atom stereocenters. The molecule has 4 nitrogen and oxygen atoms in total. The highest BCUT2D eigenvalue weighted by molar-refractivity contribution is 5.85. The van der Waals surface area contributed by atoms with E-state index in [1.165, 1.54) is 5.70 Å². The highest BCUT2D eigenvalue weighted by Crippen LogP contribution is 2.23. The second-order valence-corrected chi connectivity index (χ2v) is 4.56. The van der Waals surface area contributed by atoms with Crippen LogP contribution in [0.3, 0.4) is 0 Å². The molecule has 0 spiro atoms. The van der Waals surface area contributed by atoms with Crippen LogP contribution in [-0.2, 0) is 4.79 Å². The fourth-order valence-corrected chi connectivity index (χ4v) is 2.36. The molecule has 1 unspecified atom stereocenters. The number of carbonyl (C=O) groups is 1. The minimum atomic E-state index is -0.0127. The zero-order valence-electron chi connectivity index (χ0n) is 11.6. The van der Waals surface area contributed by atoms with E-state index in [1.807, 2.05) is 13.8 Å². The maximum atomic E-state index is 11.9. The van der Waals surface area contributed by atoms with Gasteiger partial charge in [-0.05, 0) is 12.8 Å². The Morgan fingerprint density at radius 1 is 1.35 bits per heavy atom. The zero-order valence-corrected chi connectivity index (χ0v) is 11.6. The average molecular weight is 239 g/mol.